The molecule has 1 aliphatic heterocycles. The Hall–Kier alpha value is -1.32. The number of anilines is 1. The van der Waals surface area contributed by atoms with E-state index in [2.05, 4.69) is 22.5 Å². The van der Waals surface area contributed by atoms with Crippen molar-refractivity contribution in [1.82, 2.24) is 10.3 Å². The molecule has 21 heavy (non-hydrogen) atoms. The molecule has 2 aromatic rings. The Morgan fingerprint density at radius 3 is 3.14 bits per heavy atom. The average molecular weight is 304 g/mol. The normalized spacial score (nSPS) is 20.4. The maximum absolute atomic E-state index is 6.22. The summed E-state index contributed by atoms with van der Waals surface area (Å²) in [5, 5.41) is 9.02. The molecule has 0 bridgehead atoms. The molecule has 1 aromatic heterocycles. The van der Waals surface area contributed by atoms with Crippen LogP contribution in [0.2, 0.25) is 5.02 Å². The van der Waals surface area contributed by atoms with Crippen LogP contribution in [0.3, 0.4) is 0 Å². The van der Waals surface area contributed by atoms with Gasteiger partial charge in [0.1, 0.15) is 0 Å². The summed E-state index contributed by atoms with van der Waals surface area (Å²) in [4.78, 5) is 4.49. The van der Waals surface area contributed by atoms with Crippen LogP contribution in [0.1, 0.15) is 32.6 Å². The molecule has 2 heterocycles. The molecule has 1 saturated heterocycles. The van der Waals surface area contributed by atoms with E-state index in [9.17, 15) is 0 Å². The number of piperidine rings is 1. The van der Waals surface area contributed by atoms with E-state index < -0.39 is 0 Å². The van der Waals surface area contributed by atoms with Crippen LogP contribution in [0.4, 0.5) is 5.69 Å². The first-order valence-electron chi connectivity index (χ1n) is 7.76. The second-order valence-corrected chi connectivity index (χ2v) is 6.39. The summed E-state index contributed by atoms with van der Waals surface area (Å²) >= 11 is 6.22. The maximum atomic E-state index is 6.22. The number of hydrogen-bond acceptors (Lipinski definition) is 3. The molecule has 4 heteroatoms. The van der Waals surface area contributed by atoms with Crippen molar-refractivity contribution in [2.24, 2.45) is 0 Å². The van der Waals surface area contributed by atoms with Gasteiger partial charge >= 0.3 is 0 Å². The van der Waals surface area contributed by atoms with Gasteiger partial charge in [0.15, 0.2) is 0 Å². The minimum absolute atomic E-state index is 0.393. The molecule has 3 nitrogen and oxygen atoms in total. The van der Waals surface area contributed by atoms with E-state index >= 15 is 0 Å². The zero-order chi connectivity index (χ0) is 14.7. The number of fused-ring (bicyclic) bond motifs is 1. The highest BCUT2D eigenvalue weighted by Crippen LogP contribution is 2.27. The van der Waals surface area contributed by atoms with E-state index in [-0.39, 0.29) is 0 Å². The lowest BCUT2D eigenvalue weighted by Crippen LogP contribution is -2.37. The van der Waals surface area contributed by atoms with Gasteiger partial charge in [-0.1, -0.05) is 24.1 Å². The summed E-state index contributed by atoms with van der Waals surface area (Å²) in [5.41, 5.74) is 2.02. The summed E-state index contributed by atoms with van der Waals surface area (Å²) in [6.45, 7) is 3.38. The number of halogens is 1. The van der Waals surface area contributed by atoms with Gasteiger partial charge in [-0.2, -0.15) is 0 Å². The number of rotatable bonds is 4. The number of nitrogens with one attached hydrogen (secondary N) is 2. The third kappa shape index (κ3) is 3.66. The van der Waals surface area contributed by atoms with Gasteiger partial charge in [0.05, 0.1) is 11.2 Å². The van der Waals surface area contributed by atoms with E-state index in [1.807, 2.05) is 30.5 Å². The van der Waals surface area contributed by atoms with Crippen LogP contribution in [0.5, 0.6) is 0 Å². The average Bonchev–Trinajstić information content (AvgIpc) is 2.48. The van der Waals surface area contributed by atoms with Crippen molar-refractivity contribution in [3.63, 3.8) is 0 Å². The van der Waals surface area contributed by atoms with E-state index in [1.165, 1.54) is 19.3 Å². The molecular formula is C17H22ClN3. The number of hydrogen-bond donors (Lipinski definition) is 2. The van der Waals surface area contributed by atoms with Gasteiger partial charge in [-0.15, -0.1) is 0 Å². The molecular weight excluding hydrogens is 282 g/mol. The van der Waals surface area contributed by atoms with Crippen molar-refractivity contribution in [2.45, 2.75) is 44.7 Å². The fourth-order valence-corrected chi connectivity index (χ4v) is 3.37. The van der Waals surface area contributed by atoms with Crippen LogP contribution in [0.25, 0.3) is 10.9 Å². The zero-order valence-electron chi connectivity index (χ0n) is 12.4. The molecule has 0 saturated carbocycles. The molecule has 0 spiro atoms. The van der Waals surface area contributed by atoms with Crippen molar-refractivity contribution in [3.05, 3.63) is 35.5 Å². The van der Waals surface area contributed by atoms with Crippen LogP contribution in [-0.4, -0.2) is 23.6 Å². The molecule has 2 unspecified atom stereocenters. The summed E-state index contributed by atoms with van der Waals surface area (Å²) in [6.07, 6.45) is 6.88. The summed E-state index contributed by atoms with van der Waals surface area (Å²) in [5.74, 6) is 0. The SMILES string of the molecule is CC(CC1CCCCN1)Nc1cc(Cl)cc2cccnc12. The number of nitrogens with zero attached hydrogens (tertiary/aromatic N) is 1. The second kappa shape index (κ2) is 6.63. The first kappa shape index (κ1) is 14.6. The van der Waals surface area contributed by atoms with E-state index in [4.69, 9.17) is 11.6 Å². The number of aromatic nitrogens is 1. The zero-order valence-corrected chi connectivity index (χ0v) is 13.2. The number of benzene rings is 1. The topological polar surface area (TPSA) is 37.0 Å². The first-order chi connectivity index (χ1) is 10.2. The van der Waals surface area contributed by atoms with E-state index in [1.54, 1.807) is 0 Å². The van der Waals surface area contributed by atoms with Gasteiger partial charge in [-0.05, 0) is 50.9 Å². The summed E-state index contributed by atoms with van der Waals surface area (Å²) < 4.78 is 0. The van der Waals surface area contributed by atoms with Crippen LogP contribution >= 0.6 is 11.6 Å². The van der Waals surface area contributed by atoms with E-state index in [0.29, 0.717) is 12.1 Å². The van der Waals surface area contributed by atoms with Gasteiger partial charge in [-0.3, -0.25) is 4.98 Å². The maximum Gasteiger partial charge on any atom is 0.0934 e. The molecule has 0 amide bonds. The van der Waals surface area contributed by atoms with Gasteiger partial charge in [0.2, 0.25) is 0 Å². The molecule has 112 valence electrons. The lowest BCUT2D eigenvalue weighted by molar-refractivity contribution is 0.371. The summed E-state index contributed by atoms with van der Waals surface area (Å²) in [6, 6.07) is 8.94. The highest BCUT2D eigenvalue weighted by atomic mass is 35.5. The molecule has 0 radical (unpaired) electrons. The lowest BCUT2D eigenvalue weighted by atomic mass is 9.98. The van der Waals surface area contributed by atoms with Crippen LogP contribution < -0.4 is 10.6 Å². The molecule has 2 N–H and O–H groups in total. The standard InChI is InChI=1S/C17H22ClN3/c1-12(9-15-6-2-3-7-19-15)21-16-11-14(18)10-13-5-4-8-20-17(13)16/h4-5,8,10-12,15,19,21H,2-3,6-7,9H2,1H3. The predicted molar refractivity (Wildman–Crippen MR) is 90.1 cm³/mol. The largest absolute Gasteiger partial charge is 0.381 e. The Bertz CT molecular complexity index is 608. The molecule has 2 atom stereocenters. The third-order valence-electron chi connectivity index (χ3n) is 4.12. The minimum atomic E-state index is 0.393. The fraction of sp³-hybridized carbons (Fsp3) is 0.471. The van der Waals surface area contributed by atoms with Gasteiger partial charge in [0, 0.05) is 28.7 Å². The Kier molecular flexibility index (Phi) is 4.61. The van der Waals surface area contributed by atoms with Crippen molar-refractivity contribution in [2.75, 3.05) is 11.9 Å². The molecule has 1 aliphatic rings. The van der Waals surface area contributed by atoms with Gasteiger partial charge in [-0.25, -0.2) is 0 Å². The highest BCUT2D eigenvalue weighted by Gasteiger charge is 2.16. The van der Waals surface area contributed by atoms with Gasteiger partial charge < -0.3 is 10.6 Å². The smallest absolute Gasteiger partial charge is 0.0934 e. The van der Waals surface area contributed by atoms with Gasteiger partial charge in [0.25, 0.3) is 0 Å². The molecule has 1 aromatic carbocycles. The predicted octanol–water partition coefficient (Wildman–Crippen LogP) is 4.22. The Labute approximate surface area is 131 Å². The first-order valence-corrected chi connectivity index (χ1v) is 8.14. The van der Waals surface area contributed by atoms with Crippen molar-refractivity contribution < 1.29 is 0 Å². The minimum Gasteiger partial charge on any atom is -0.381 e. The van der Waals surface area contributed by atoms with Crippen LogP contribution in [0, 0.1) is 0 Å². The molecule has 3 rings (SSSR count). The van der Waals surface area contributed by atoms with Crippen LogP contribution in [0.15, 0.2) is 30.5 Å². The van der Waals surface area contributed by atoms with Crippen LogP contribution in [-0.2, 0) is 0 Å². The van der Waals surface area contributed by atoms with Crippen molar-refractivity contribution >= 4 is 28.2 Å². The van der Waals surface area contributed by atoms with E-state index in [0.717, 1.165) is 34.6 Å². The fourth-order valence-electron chi connectivity index (χ4n) is 3.14. The highest BCUT2D eigenvalue weighted by molar-refractivity contribution is 6.31. The third-order valence-corrected chi connectivity index (χ3v) is 4.34. The molecule has 1 fully saturated rings. The summed E-state index contributed by atoms with van der Waals surface area (Å²) in [7, 11) is 0. The Morgan fingerprint density at radius 2 is 2.33 bits per heavy atom. The Morgan fingerprint density at radius 1 is 1.43 bits per heavy atom. The quantitative estimate of drug-likeness (QED) is 0.888. The monoisotopic (exact) mass is 303 g/mol. The molecule has 0 aliphatic carbocycles. The van der Waals surface area contributed by atoms with Crippen molar-refractivity contribution in [3.8, 4) is 0 Å². The second-order valence-electron chi connectivity index (χ2n) is 5.96. The lowest BCUT2D eigenvalue weighted by Gasteiger charge is -2.27. The number of pyridine rings is 1. The van der Waals surface area contributed by atoms with Crippen molar-refractivity contribution in [1.29, 1.82) is 0 Å². The Balaban J connectivity index is 1.74.